The fourth-order valence-corrected chi connectivity index (χ4v) is 3.98. The number of aryl methyl sites for hydroxylation is 2. The Morgan fingerprint density at radius 1 is 1.52 bits per heavy atom. The minimum absolute atomic E-state index is 0.0566. The van der Waals surface area contributed by atoms with E-state index in [0.717, 1.165) is 29.6 Å². The Hall–Kier alpha value is -1.40. The summed E-state index contributed by atoms with van der Waals surface area (Å²) in [5, 5.41) is 2.08. The molecule has 1 unspecified atom stereocenters. The topological polar surface area (TPSA) is 42.4 Å². The van der Waals surface area contributed by atoms with Gasteiger partial charge in [0.1, 0.15) is 11.9 Å². The summed E-state index contributed by atoms with van der Waals surface area (Å²) in [5.74, 6) is 1.01. The number of carbonyl (C=O) groups is 1. The van der Waals surface area contributed by atoms with Gasteiger partial charge in [-0.3, -0.25) is 9.78 Å². The maximum atomic E-state index is 12.4. The first-order valence-corrected chi connectivity index (χ1v) is 9.37. The van der Waals surface area contributed by atoms with Crippen molar-refractivity contribution >= 4 is 33.2 Å². The number of ether oxygens (including phenoxy) is 1. The van der Waals surface area contributed by atoms with Crippen molar-refractivity contribution in [2.24, 2.45) is 0 Å². The fraction of sp³-hybridized carbons (Fsp3) is 0.412. The molecule has 2 aromatic heterocycles. The second kappa shape index (κ2) is 7.45. The van der Waals surface area contributed by atoms with Gasteiger partial charge in [0.15, 0.2) is 0 Å². The largest absolute Gasteiger partial charge is 0.487 e. The molecule has 0 radical (unpaired) electrons. The predicted octanol–water partition coefficient (Wildman–Crippen LogP) is 3.83. The van der Waals surface area contributed by atoms with Crippen LogP contribution in [-0.4, -0.2) is 35.0 Å². The SMILES string of the molecule is Cc1ccsc1CCC(=O)N1CCC(Oc2ccncc2Br)C1. The van der Waals surface area contributed by atoms with Crippen molar-refractivity contribution in [3.05, 3.63) is 44.8 Å². The van der Waals surface area contributed by atoms with E-state index in [9.17, 15) is 4.79 Å². The van der Waals surface area contributed by atoms with Crippen molar-refractivity contribution < 1.29 is 9.53 Å². The first-order valence-electron chi connectivity index (χ1n) is 7.70. The maximum absolute atomic E-state index is 12.4. The molecule has 23 heavy (non-hydrogen) atoms. The van der Waals surface area contributed by atoms with Crippen LogP contribution in [0.5, 0.6) is 5.75 Å². The smallest absolute Gasteiger partial charge is 0.223 e. The highest BCUT2D eigenvalue weighted by Crippen LogP contribution is 2.26. The molecule has 0 bridgehead atoms. The van der Waals surface area contributed by atoms with E-state index in [1.807, 2.05) is 11.0 Å². The van der Waals surface area contributed by atoms with Gasteiger partial charge in [0.2, 0.25) is 5.91 Å². The molecule has 6 heteroatoms. The molecule has 2 aromatic rings. The number of rotatable bonds is 5. The van der Waals surface area contributed by atoms with Crippen molar-refractivity contribution in [2.75, 3.05) is 13.1 Å². The number of carbonyl (C=O) groups excluding carboxylic acids is 1. The van der Waals surface area contributed by atoms with Crippen LogP contribution < -0.4 is 4.74 Å². The molecule has 1 fully saturated rings. The van der Waals surface area contributed by atoms with Crippen LogP contribution >= 0.6 is 27.3 Å². The molecule has 1 aliphatic heterocycles. The number of halogens is 1. The summed E-state index contributed by atoms with van der Waals surface area (Å²) in [5.41, 5.74) is 1.29. The zero-order valence-corrected chi connectivity index (χ0v) is 15.4. The van der Waals surface area contributed by atoms with Gasteiger partial charge in [-0.1, -0.05) is 0 Å². The molecule has 0 aliphatic carbocycles. The van der Waals surface area contributed by atoms with Gasteiger partial charge in [0, 0.05) is 36.7 Å². The van der Waals surface area contributed by atoms with Gasteiger partial charge in [-0.05, 0) is 52.4 Å². The average molecular weight is 395 g/mol. The summed E-state index contributed by atoms with van der Waals surface area (Å²) < 4.78 is 6.82. The number of nitrogens with zero attached hydrogens (tertiary/aromatic N) is 2. The van der Waals surface area contributed by atoms with Crippen LogP contribution in [0.1, 0.15) is 23.3 Å². The van der Waals surface area contributed by atoms with Crippen LogP contribution in [0.25, 0.3) is 0 Å². The van der Waals surface area contributed by atoms with Gasteiger partial charge in [0.05, 0.1) is 11.0 Å². The van der Waals surface area contributed by atoms with Crippen molar-refractivity contribution in [2.45, 2.75) is 32.3 Å². The molecule has 1 aliphatic rings. The zero-order chi connectivity index (χ0) is 16.2. The Balaban J connectivity index is 1.50. The molecule has 1 saturated heterocycles. The molecular formula is C17H19BrN2O2S. The third-order valence-electron chi connectivity index (χ3n) is 4.06. The standard InChI is InChI=1S/C17H19BrN2O2S/c1-12-6-9-23-16(12)2-3-17(21)20-8-5-13(11-20)22-15-4-7-19-10-14(15)18/h4,6-7,9-10,13H,2-3,5,8,11H2,1H3. The summed E-state index contributed by atoms with van der Waals surface area (Å²) in [6.45, 7) is 3.54. The van der Waals surface area contributed by atoms with E-state index in [0.29, 0.717) is 13.0 Å². The minimum Gasteiger partial charge on any atom is -0.487 e. The maximum Gasteiger partial charge on any atom is 0.223 e. The molecular weight excluding hydrogens is 376 g/mol. The second-order valence-corrected chi connectivity index (χ2v) is 7.56. The second-order valence-electron chi connectivity index (χ2n) is 5.70. The molecule has 0 spiro atoms. The number of amides is 1. The Morgan fingerprint density at radius 2 is 2.39 bits per heavy atom. The minimum atomic E-state index is 0.0566. The highest BCUT2D eigenvalue weighted by atomic mass is 79.9. The molecule has 1 amide bonds. The highest BCUT2D eigenvalue weighted by molar-refractivity contribution is 9.10. The summed E-state index contributed by atoms with van der Waals surface area (Å²) in [6, 6.07) is 3.95. The fourth-order valence-electron chi connectivity index (χ4n) is 2.73. The lowest BCUT2D eigenvalue weighted by Crippen LogP contribution is -2.31. The third kappa shape index (κ3) is 4.12. The van der Waals surface area contributed by atoms with Crippen molar-refractivity contribution in [1.29, 1.82) is 0 Å². The molecule has 0 N–H and O–H groups in total. The van der Waals surface area contributed by atoms with Crippen molar-refractivity contribution in [3.63, 3.8) is 0 Å². The number of hydrogen-bond acceptors (Lipinski definition) is 4. The van der Waals surface area contributed by atoms with Crippen LogP contribution in [0.2, 0.25) is 0 Å². The van der Waals surface area contributed by atoms with E-state index < -0.39 is 0 Å². The molecule has 0 saturated carbocycles. The van der Waals surface area contributed by atoms with Crippen LogP contribution in [-0.2, 0) is 11.2 Å². The predicted molar refractivity (Wildman–Crippen MR) is 94.9 cm³/mol. The van der Waals surface area contributed by atoms with Gasteiger partial charge in [-0.2, -0.15) is 0 Å². The number of hydrogen-bond donors (Lipinski definition) is 0. The van der Waals surface area contributed by atoms with E-state index >= 15 is 0 Å². The van der Waals surface area contributed by atoms with Crippen LogP contribution in [0.3, 0.4) is 0 Å². The molecule has 4 nitrogen and oxygen atoms in total. The molecule has 0 aromatic carbocycles. The normalized spacial score (nSPS) is 17.5. The lowest BCUT2D eigenvalue weighted by Gasteiger charge is -2.17. The summed E-state index contributed by atoms with van der Waals surface area (Å²) >= 11 is 5.17. The van der Waals surface area contributed by atoms with Crippen molar-refractivity contribution in [3.8, 4) is 5.75 Å². The molecule has 1 atom stereocenters. The first kappa shape index (κ1) is 16.5. The van der Waals surface area contributed by atoms with E-state index in [1.165, 1.54) is 10.4 Å². The lowest BCUT2D eigenvalue weighted by atomic mass is 10.2. The quantitative estimate of drug-likeness (QED) is 0.773. The molecule has 122 valence electrons. The molecule has 3 heterocycles. The van der Waals surface area contributed by atoms with E-state index in [2.05, 4.69) is 39.3 Å². The van der Waals surface area contributed by atoms with E-state index in [1.54, 1.807) is 23.7 Å². The molecule has 3 rings (SSSR count). The first-order chi connectivity index (χ1) is 11.1. The Morgan fingerprint density at radius 3 is 3.13 bits per heavy atom. The summed E-state index contributed by atoms with van der Waals surface area (Å²) in [7, 11) is 0. The lowest BCUT2D eigenvalue weighted by molar-refractivity contribution is -0.130. The highest BCUT2D eigenvalue weighted by Gasteiger charge is 2.27. The average Bonchev–Trinajstić information content (AvgIpc) is 3.16. The number of likely N-dealkylation sites (tertiary alicyclic amines) is 1. The Kier molecular flexibility index (Phi) is 5.33. The zero-order valence-electron chi connectivity index (χ0n) is 13.0. The third-order valence-corrected chi connectivity index (χ3v) is 5.74. The van der Waals surface area contributed by atoms with Crippen LogP contribution in [0, 0.1) is 6.92 Å². The van der Waals surface area contributed by atoms with Gasteiger partial charge < -0.3 is 9.64 Å². The van der Waals surface area contributed by atoms with E-state index in [-0.39, 0.29) is 12.0 Å². The van der Waals surface area contributed by atoms with Crippen molar-refractivity contribution in [1.82, 2.24) is 9.88 Å². The number of pyridine rings is 1. The monoisotopic (exact) mass is 394 g/mol. The Labute approximate surface area is 148 Å². The summed E-state index contributed by atoms with van der Waals surface area (Å²) in [6.07, 6.45) is 5.77. The van der Waals surface area contributed by atoms with Gasteiger partial charge in [0.25, 0.3) is 0 Å². The number of aromatic nitrogens is 1. The van der Waals surface area contributed by atoms with E-state index in [4.69, 9.17) is 4.74 Å². The Bertz CT molecular complexity index is 689. The van der Waals surface area contributed by atoms with Gasteiger partial charge in [-0.25, -0.2) is 0 Å². The van der Waals surface area contributed by atoms with Gasteiger partial charge >= 0.3 is 0 Å². The van der Waals surface area contributed by atoms with Crippen LogP contribution in [0.4, 0.5) is 0 Å². The van der Waals surface area contributed by atoms with Crippen LogP contribution in [0.15, 0.2) is 34.4 Å². The van der Waals surface area contributed by atoms with Gasteiger partial charge in [-0.15, -0.1) is 11.3 Å². The summed E-state index contributed by atoms with van der Waals surface area (Å²) in [4.78, 5) is 19.6. The number of thiophene rings is 1.